The molecule has 0 aliphatic carbocycles. The van der Waals surface area contributed by atoms with Crippen molar-refractivity contribution in [3.8, 4) is 11.1 Å². The summed E-state index contributed by atoms with van der Waals surface area (Å²) in [4.78, 5) is 14.4. The molecule has 0 heterocycles. The van der Waals surface area contributed by atoms with Gasteiger partial charge in [0.2, 0.25) is 0 Å². The first kappa shape index (κ1) is 24.4. The van der Waals surface area contributed by atoms with E-state index < -0.39 is 5.97 Å². The van der Waals surface area contributed by atoms with E-state index in [0.717, 1.165) is 16.7 Å². The van der Waals surface area contributed by atoms with Crippen LogP contribution in [-0.4, -0.2) is 16.0 Å². The van der Waals surface area contributed by atoms with Gasteiger partial charge in [-0.25, -0.2) is 0 Å². The van der Waals surface area contributed by atoms with Crippen molar-refractivity contribution < 1.29 is 9.90 Å². The summed E-state index contributed by atoms with van der Waals surface area (Å²) in [5.41, 5.74) is 8.15. The van der Waals surface area contributed by atoms with Gasteiger partial charge in [-0.15, -0.1) is 0 Å². The van der Waals surface area contributed by atoms with E-state index in [4.69, 9.17) is 0 Å². The average Bonchev–Trinajstić information content (AvgIpc) is 2.88. The van der Waals surface area contributed by atoms with Crippen molar-refractivity contribution in [3.63, 3.8) is 0 Å². The fraction of sp³-hybridized carbons (Fsp3) is 0.219. The molecule has 0 saturated heterocycles. The molecule has 3 nitrogen and oxygen atoms in total. The van der Waals surface area contributed by atoms with E-state index in [9.17, 15) is 9.90 Å². The number of hydrogen-bond donors (Lipinski definition) is 1. The van der Waals surface area contributed by atoms with Gasteiger partial charge in [-0.3, -0.25) is 9.69 Å². The number of rotatable bonds is 9. The topological polar surface area (TPSA) is 40.5 Å². The first-order valence-electron chi connectivity index (χ1n) is 12.2. The van der Waals surface area contributed by atoms with Gasteiger partial charge >= 0.3 is 5.97 Å². The predicted molar refractivity (Wildman–Crippen MR) is 143 cm³/mol. The van der Waals surface area contributed by atoms with Crippen LogP contribution in [0.5, 0.6) is 0 Å². The third kappa shape index (κ3) is 5.87. The fourth-order valence-corrected chi connectivity index (χ4v) is 4.80. The monoisotopic (exact) mass is 463 g/mol. The number of nitrogens with zero attached hydrogens (tertiary/aromatic N) is 1. The molecule has 0 aliphatic heterocycles. The molecule has 4 rings (SSSR count). The Morgan fingerprint density at radius 2 is 1.43 bits per heavy atom. The van der Waals surface area contributed by atoms with Crippen LogP contribution in [0.1, 0.15) is 53.2 Å². The maximum atomic E-state index is 12.1. The second kappa shape index (κ2) is 11.2. The lowest BCUT2D eigenvalue weighted by Gasteiger charge is -2.37. The number of aliphatic carboxylic acids is 1. The van der Waals surface area contributed by atoms with Crippen molar-refractivity contribution in [2.75, 3.05) is 0 Å². The summed E-state index contributed by atoms with van der Waals surface area (Å²) in [6.07, 6.45) is 0.0280. The molecule has 0 spiro atoms. The van der Waals surface area contributed by atoms with Gasteiger partial charge in [-0.05, 0) is 65.8 Å². The van der Waals surface area contributed by atoms with E-state index >= 15 is 0 Å². The number of hydrogen-bond acceptors (Lipinski definition) is 2. The molecule has 0 amide bonds. The number of carbonyl (C=O) groups is 1. The van der Waals surface area contributed by atoms with Gasteiger partial charge in [-0.2, -0.15) is 0 Å². The summed E-state index contributed by atoms with van der Waals surface area (Å²) < 4.78 is 0. The van der Waals surface area contributed by atoms with Gasteiger partial charge < -0.3 is 5.11 Å². The highest BCUT2D eigenvalue weighted by Gasteiger charge is 2.28. The summed E-state index contributed by atoms with van der Waals surface area (Å²) in [6, 6.07) is 35.1. The minimum atomic E-state index is -0.800. The maximum Gasteiger partial charge on any atom is 0.305 e. The van der Waals surface area contributed by atoms with Crippen LogP contribution in [0.15, 0.2) is 103 Å². The van der Waals surface area contributed by atoms with Crippen molar-refractivity contribution >= 4 is 5.97 Å². The van der Waals surface area contributed by atoms with Crippen molar-refractivity contribution in [2.24, 2.45) is 0 Å². The Hall–Kier alpha value is -3.69. The minimum Gasteiger partial charge on any atom is -0.481 e. The normalized spacial score (nSPS) is 12.9. The zero-order valence-electron chi connectivity index (χ0n) is 20.7. The molecule has 0 unspecified atom stereocenters. The van der Waals surface area contributed by atoms with E-state index in [1.807, 2.05) is 36.4 Å². The number of carboxylic acids is 1. The summed E-state index contributed by atoms with van der Waals surface area (Å²) in [6.45, 7) is 7.09. The Balaban J connectivity index is 1.80. The van der Waals surface area contributed by atoms with Crippen molar-refractivity contribution in [3.05, 3.63) is 131 Å². The Morgan fingerprint density at radius 3 is 2.11 bits per heavy atom. The molecular formula is C32H33NO2. The second-order valence-corrected chi connectivity index (χ2v) is 9.23. The van der Waals surface area contributed by atoms with E-state index in [0.29, 0.717) is 6.54 Å². The Kier molecular flexibility index (Phi) is 7.79. The molecule has 3 heteroatoms. The molecule has 178 valence electrons. The largest absolute Gasteiger partial charge is 0.481 e. The molecule has 35 heavy (non-hydrogen) atoms. The first-order chi connectivity index (χ1) is 16.9. The molecule has 0 aliphatic rings. The lowest BCUT2D eigenvalue weighted by Crippen LogP contribution is -2.32. The zero-order valence-corrected chi connectivity index (χ0v) is 20.7. The number of aryl methyl sites for hydroxylation is 1. The maximum absolute atomic E-state index is 12.1. The van der Waals surface area contributed by atoms with Gasteiger partial charge in [0, 0.05) is 18.6 Å². The Labute approximate surface area is 208 Å². The van der Waals surface area contributed by atoms with Gasteiger partial charge in [0.05, 0.1) is 6.42 Å². The van der Waals surface area contributed by atoms with Crippen LogP contribution in [0.3, 0.4) is 0 Å². The smallest absolute Gasteiger partial charge is 0.305 e. The second-order valence-electron chi connectivity index (χ2n) is 9.23. The highest BCUT2D eigenvalue weighted by Crippen LogP contribution is 2.36. The van der Waals surface area contributed by atoms with Crippen molar-refractivity contribution in [1.82, 2.24) is 4.90 Å². The molecule has 0 aromatic heterocycles. The van der Waals surface area contributed by atoms with Gasteiger partial charge in [0.25, 0.3) is 0 Å². The van der Waals surface area contributed by atoms with E-state index in [1.165, 1.54) is 22.3 Å². The zero-order chi connectivity index (χ0) is 24.8. The summed E-state index contributed by atoms with van der Waals surface area (Å²) in [5, 5.41) is 9.95. The minimum absolute atomic E-state index is 0.0280. The Bertz CT molecular complexity index is 1270. The van der Waals surface area contributed by atoms with Gasteiger partial charge in [0.1, 0.15) is 0 Å². The van der Waals surface area contributed by atoms with Crippen LogP contribution in [0, 0.1) is 13.8 Å². The van der Waals surface area contributed by atoms with Gasteiger partial charge in [0.15, 0.2) is 0 Å². The van der Waals surface area contributed by atoms with E-state index in [2.05, 4.69) is 92.4 Å². The summed E-state index contributed by atoms with van der Waals surface area (Å²) in [5.74, 6) is -0.800. The van der Waals surface area contributed by atoms with Crippen LogP contribution in [-0.2, 0) is 11.3 Å². The highest BCUT2D eigenvalue weighted by molar-refractivity contribution is 5.70. The lowest BCUT2D eigenvalue weighted by atomic mass is 9.92. The number of benzene rings is 4. The molecule has 4 aromatic rings. The van der Waals surface area contributed by atoms with E-state index in [-0.39, 0.29) is 18.5 Å². The van der Waals surface area contributed by atoms with Gasteiger partial charge in [-0.1, -0.05) is 97.1 Å². The fourth-order valence-electron chi connectivity index (χ4n) is 4.80. The lowest BCUT2D eigenvalue weighted by molar-refractivity contribution is -0.138. The predicted octanol–water partition coefficient (Wildman–Crippen LogP) is 7.75. The molecular weight excluding hydrogens is 430 g/mol. The van der Waals surface area contributed by atoms with E-state index in [1.54, 1.807) is 0 Å². The van der Waals surface area contributed by atoms with Crippen molar-refractivity contribution in [1.29, 1.82) is 0 Å². The highest BCUT2D eigenvalue weighted by atomic mass is 16.4. The molecule has 1 N–H and O–H groups in total. The molecule has 0 fully saturated rings. The molecule has 0 saturated carbocycles. The summed E-state index contributed by atoms with van der Waals surface area (Å²) >= 11 is 0. The third-order valence-electron chi connectivity index (χ3n) is 6.94. The molecule has 4 aromatic carbocycles. The van der Waals surface area contributed by atoms with Crippen molar-refractivity contribution in [2.45, 2.75) is 45.8 Å². The van der Waals surface area contributed by atoms with Crippen LogP contribution >= 0.6 is 0 Å². The standard InChI is InChI=1S/C32H33NO2/c1-23-12-10-19-30(24(23)2)28-17-11-18-29(20-28)31(21-32(34)35)33(22-26-13-6-4-7-14-26)25(3)27-15-8-5-9-16-27/h4-20,25,31H,21-22H2,1-3H3,(H,34,35)/t25-,31+/m1/s1. The molecule has 0 bridgehead atoms. The average molecular weight is 464 g/mol. The third-order valence-corrected chi connectivity index (χ3v) is 6.94. The Morgan fingerprint density at radius 1 is 0.800 bits per heavy atom. The van der Waals surface area contributed by atoms with Crippen LogP contribution in [0.25, 0.3) is 11.1 Å². The quantitative estimate of drug-likeness (QED) is 0.276. The summed E-state index contributed by atoms with van der Waals surface area (Å²) in [7, 11) is 0. The molecule has 2 atom stereocenters. The SMILES string of the molecule is Cc1cccc(-c2cccc([C@H](CC(=O)O)N(Cc3ccccc3)[C@H](C)c3ccccc3)c2)c1C. The van der Waals surface area contributed by atoms with Crippen LogP contribution < -0.4 is 0 Å². The van der Waals surface area contributed by atoms with Crippen LogP contribution in [0.2, 0.25) is 0 Å². The van der Waals surface area contributed by atoms with Crippen LogP contribution in [0.4, 0.5) is 0 Å². The number of carboxylic acid groups (broad SMARTS) is 1. The first-order valence-corrected chi connectivity index (χ1v) is 12.2. The molecule has 0 radical (unpaired) electrons.